The predicted octanol–water partition coefficient (Wildman–Crippen LogP) is 3.25. The van der Waals surface area contributed by atoms with Gasteiger partial charge < -0.3 is 10.4 Å². The molecule has 118 valence electrons. The third kappa shape index (κ3) is 2.20. The summed E-state index contributed by atoms with van der Waals surface area (Å²) >= 11 is 0. The Hall–Kier alpha value is -2.98. The monoisotopic (exact) mass is 317 g/mol. The summed E-state index contributed by atoms with van der Waals surface area (Å²) in [5.74, 6) is -0.826. The minimum absolute atomic E-state index is 0.268. The van der Waals surface area contributed by atoms with Crippen molar-refractivity contribution in [3.05, 3.63) is 77.9 Å². The van der Waals surface area contributed by atoms with E-state index in [4.69, 9.17) is 0 Å². The number of nitrogens with one attached hydrogen (secondary N) is 1. The van der Waals surface area contributed by atoms with Crippen LogP contribution in [-0.4, -0.2) is 16.8 Å². The van der Waals surface area contributed by atoms with Crippen molar-refractivity contribution >= 4 is 28.2 Å². The number of carbonyl (C=O) groups is 2. The molecule has 4 heteroatoms. The predicted molar refractivity (Wildman–Crippen MR) is 91.9 cm³/mol. The molecule has 0 bridgehead atoms. The van der Waals surface area contributed by atoms with Crippen molar-refractivity contribution in [2.75, 3.05) is 5.32 Å². The van der Waals surface area contributed by atoms with Crippen LogP contribution in [0.15, 0.2) is 66.7 Å². The van der Waals surface area contributed by atoms with Gasteiger partial charge in [-0.25, -0.2) is 0 Å². The number of rotatable bonds is 3. The van der Waals surface area contributed by atoms with E-state index in [1.54, 1.807) is 36.4 Å². The molecule has 1 atom stereocenters. The number of Topliss-reactive ketones (excluding diaryl/α,β-unsaturated/α-hetero) is 1. The molecule has 0 radical (unpaired) electrons. The largest absolute Gasteiger partial charge is 0.375 e. The summed E-state index contributed by atoms with van der Waals surface area (Å²) in [6.07, 6.45) is -0.284. The molecule has 1 heterocycles. The van der Waals surface area contributed by atoms with Crippen LogP contribution in [0.1, 0.15) is 22.3 Å². The summed E-state index contributed by atoms with van der Waals surface area (Å²) in [5, 5.41) is 15.4. The van der Waals surface area contributed by atoms with Crippen molar-refractivity contribution in [2.45, 2.75) is 12.0 Å². The van der Waals surface area contributed by atoms with Crippen LogP contribution in [0, 0.1) is 0 Å². The van der Waals surface area contributed by atoms with Crippen LogP contribution in [-0.2, 0) is 10.4 Å². The number of fused-ring (bicyclic) bond motifs is 2. The van der Waals surface area contributed by atoms with Crippen LogP contribution in [0.3, 0.4) is 0 Å². The van der Waals surface area contributed by atoms with Gasteiger partial charge in [0.15, 0.2) is 11.4 Å². The lowest BCUT2D eigenvalue weighted by molar-refractivity contribution is -0.133. The Kier molecular flexibility index (Phi) is 3.22. The molecule has 1 aliphatic heterocycles. The molecule has 0 aliphatic carbocycles. The van der Waals surface area contributed by atoms with Gasteiger partial charge in [0.25, 0.3) is 5.91 Å². The standard InChI is InChI=1S/C20H15NO3/c22-18(15-10-9-13-5-1-2-6-14(13)11-15)12-20(24)16-7-3-4-8-17(16)21-19(20)23/h1-11,24H,12H2,(H,21,23)/t20-/m1/s1. The Morgan fingerprint density at radius 2 is 1.67 bits per heavy atom. The zero-order chi connectivity index (χ0) is 16.7. The summed E-state index contributed by atoms with van der Waals surface area (Å²) < 4.78 is 0. The lowest BCUT2D eigenvalue weighted by atomic mass is 9.88. The SMILES string of the molecule is O=C(C[C@]1(O)C(=O)Nc2ccccc21)c1ccc2ccccc2c1. The van der Waals surface area contributed by atoms with Crippen molar-refractivity contribution in [3.8, 4) is 0 Å². The average Bonchev–Trinajstić information content (AvgIpc) is 2.85. The van der Waals surface area contributed by atoms with Crippen LogP contribution < -0.4 is 5.32 Å². The zero-order valence-corrected chi connectivity index (χ0v) is 12.8. The molecule has 0 fully saturated rings. The van der Waals surface area contributed by atoms with E-state index in [1.165, 1.54) is 0 Å². The summed E-state index contributed by atoms with van der Waals surface area (Å²) in [7, 11) is 0. The van der Waals surface area contributed by atoms with Gasteiger partial charge in [-0.05, 0) is 22.9 Å². The molecule has 3 aromatic rings. The first kappa shape index (κ1) is 14.6. The van der Waals surface area contributed by atoms with Crippen molar-refractivity contribution in [3.63, 3.8) is 0 Å². The van der Waals surface area contributed by atoms with Crippen LogP contribution >= 0.6 is 0 Å². The van der Waals surface area contributed by atoms with Crippen LogP contribution in [0.25, 0.3) is 10.8 Å². The van der Waals surface area contributed by atoms with Crippen LogP contribution in [0.2, 0.25) is 0 Å². The summed E-state index contributed by atoms with van der Waals surface area (Å²) in [6, 6.07) is 20.0. The fraction of sp³-hybridized carbons (Fsp3) is 0.100. The molecule has 24 heavy (non-hydrogen) atoms. The third-order valence-electron chi connectivity index (χ3n) is 4.48. The molecule has 0 saturated heterocycles. The van der Waals surface area contributed by atoms with E-state index in [9.17, 15) is 14.7 Å². The van der Waals surface area contributed by atoms with Crippen molar-refractivity contribution in [2.24, 2.45) is 0 Å². The molecule has 4 nitrogen and oxygen atoms in total. The van der Waals surface area contributed by atoms with Gasteiger partial charge in [-0.1, -0.05) is 54.6 Å². The van der Waals surface area contributed by atoms with Gasteiger partial charge in [-0.2, -0.15) is 0 Å². The number of aliphatic hydroxyl groups is 1. The Morgan fingerprint density at radius 1 is 0.958 bits per heavy atom. The first-order valence-corrected chi connectivity index (χ1v) is 7.73. The topological polar surface area (TPSA) is 66.4 Å². The first-order valence-electron chi connectivity index (χ1n) is 7.73. The summed E-state index contributed by atoms with van der Waals surface area (Å²) in [4.78, 5) is 24.9. The van der Waals surface area contributed by atoms with Gasteiger partial charge in [0.05, 0.1) is 6.42 Å². The molecular formula is C20H15NO3. The number of para-hydroxylation sites is 1. The van der Waals surface area contributed by atoms with E-state index in [2.05, 4.69) is 5.32 Å². The Labute approximate surface area is 138 Å². The highest BCUT2D eigenvalue weighted by molar-refractivity contribution is 6.10. The van der Waals surface area contributed by atoms with Gasteiger partial charge in [-0.3, -0.25) is 9.59 Å². The van der Waals surface area contributed by atoms with Crippen LogP contribution in [0.5, 0.6) is 0 Å². The fourth-order valence-electron chi connectivity index (χ4n) is 3.17. The average molecular weight is 317 g/mol. The van der Waals surface area contributed by atoms with Gasteiger partial charge in [0.1, 0.15) is 0 Å². The number of ketones is 1. The molecule has 0 unspecified atom stereocenters. The number of benzene rings is 3. The quantitative estimate of drug-likeness (QED) is 0.729. The fourth-order valence-corrected chi connectivity index (χ4v) is 3.17. The van der Waals surface area contributed by atoms with Crippen molar-refractivity contribution in [1.82, 2.24) is 0 Å². The number of amides is 1. The first-order chi connectivity index (χ1) is 11.6. The minimum Gasteiger partial charge on any atom is -0.375 e. The third-order valence-corrected chi connectivity index (χ3v) is 4.48. The molecule has 3 aromatic carbocycles. The van der Waals surface area contributed by atoms with E-state index in [0.29, 0.717) is 16.8 Å². The maximum atomic E-state index is 12.7. The lowest BCUT2D eigenvalue weighted by Crippen LogP contribution is -2.36. The molecule has 0 aromatic heterocycles. The van der Waals surface area contributed by atoms with Gasteiger partial charge in [-0.15, -0.1) is 0 Å². The van der Waals surface area contributed by atoms with Crippen molar-refractivity contribution in [1.29, 1.82) is 0 Å². The normalized spacial score (nSPS) is 19.1. The van der Waals surface area contributed by atoms with E-state index < -0.39 is 11.5 Å². The highest BCUT2D eigenvalue weighted by Crippen LogP contribution is 2.38. The van der Waals surface area contributed by atoms with E-state index in [1.807, 2.05) is 30.3 Å². The Morgan fingerprint density at radius 3 is 2.50 bits per heavy atom. The summed E-state index contributed by atoms with van der Waals surface area (Å²) in [5.41, 5.74) is -0.334. The number of carbonyl (C=O) groups excluding carboxylic acids is 2. The molecule has 1 aliphatic rings. The highest BCUT2D eigenvalue weighted by Gasteiger charge is 2.46. The number of hydrogen-bond donors (Lipinski definition) is 2. The maximum absolute atomic E-state index is 12.7. The van der Waals surface area contributed by atoms with E-state index >= 15 is 0 Å². The van der Waals surface area contributed by atoms with Gasteiger partial charge in [0, 0.05) is 16.8 Å². The summed E-state index contributed by atoms with van der Waals surface area (Å²) in [6.45, 7) is 0. The van der Waals surface area contributed by atoms with Crippen LogP contribution in [0.4, 0.5) is 5.69 Å². The molecular weight excluding hydrogens is 302 g/mol. The van der Waals surface area contributed by atoms with E-state index in [0.717, 1.165) is 10.8 Å². The smallest absolute Gasteiger partial charge is 0.261 e. The highest BCUT2D eigenvalue weighted by atomic mass is 16.3. The second-order valence-corrected chi connectivity index (χ2v) is 6.02. The molecule has 0 saturated carbocycles. The van der Waals surface area contributed by atoms with Gasteiger partial charge >= 0.3 is 0 Å². The van der Waals surface area contributed by atoms with Gasteiger partial charge in [0.2, 0.25) is 0 Å². The molecule has 4 rings (SSSR count). The minimum atomic E-state index is -1.82. The second-order valence-electron chi connectivity index (χ2n) is 6.02. The molecule has 0 spiro atoms. The molecule has 2 N–H and O–H groups in total. The molecule has 1 amide bonds. The van der Waals surface area contributed by atoms with Crippen molar-refractivity contribution < 1.29 is 14.7 Å². The zero-order valence-electron chi connectivity index (χ0n) is 12.8. The second kappa shape index (κ2) is 5.28. The lowest BCUT2D eigenvalue weighted by Gasteiger charge is -2.20. The Bertz CT molecular complexity index is 979. The number of anilines is 1. The number of hydrogen-bond acceptors (Lipinski definition) is 3. The Balaban J connectivity index is 1.69. The maximum Gasteiger partial charge on any atom is 0.261 e. The van der Waals surface area contributed by atoms with E-state index in [-0.39, 0.29) is 12.2 Å².